The van der Waals surface area contributed by atoms with Gasteiger partial charge in [0.05, 0.1) is 33.2 Å². The van der Waals surface area contributed by atoms with E-state index in [9.17, 15) is 4.39 Å². The second-order valence-corrected chi connectivity index (χ2v) is 14.7. The molecular weight excluding hydrogens is 688 g/mol. The van der Waals surface area contributed by atoms with Crippen molar-refractivity contribution in [2.24, 2.45) is 5.92 Å². The fourth-order valence-electron chi connectivity index (χ4n) is 7.80. The quantitative estimate of drug-likeness (QED) is 0.132. The first-order valence-corrected chi connectivity index (χ1v) is 19.0. The number of nitrogens with zero attached hydrogens (tertiary/aromatic N) is 6. The Hall–Kier alpha value is -6.43. The summed E-state index contributed by atoms with van der Waals surface area (Å²) in [6, 6.07) is 40.5. The number of aryl methyl sites for hydroxylation is 1. The van der Waals surface area contributed by atoms with Crippen LogP contribution in [0.15, 0.2) is 158 Å². The zero-order valence-corrected chi connectivity index (χ0v) is 30.2. The smallest absolute Gasteiger partial charge is 0.137 e. The van der Waals surface area contributed by atoms with Gasteiger partial charge in [0.2, 0.25) is 0 Å². The number of fused-ring (bicyclic) bond motifs is 2. The largest absolute Gasteiger partial charge is 0.299 e. The van der Waals surface area contributed by atoms with Crippen molar-refractivity contribution in [3.8, 4) is 39.7 Å². The van der Waals surface area contributed by atoms with Gasteiger partial charge in [-0.2, -0.15) is 10.4 Å². The van der Waals surface area contributed by atoms with E-state index in [0.29, 0.717) is 6.42 Å². The summed E-state index contributed by atoms with van der Waals surface area (Å²) < 4.78 is 19.7. The number of halogens is 1. The Morgan fingerprint density at radius 1 is 0.833 bits per heavy atom. The lowest BCUT2D eigenvalue weighted by Gasteiger charge is -2.41. The summed E-state index contributed by atoms with van der Waals surface area (Å²) in [6.45, 7) is 0. The predicted octanol–water partition coefficient (Wildman–Crippen LogP) is 11.1. The van der Waals surface area contributed by atoms with Crippen LogP contribution in [0, 0.1) is 23.1 Å². The molecule has 4 aromatic heterocycles. The van der Waals surface area contributed by atoms with Crippen LogP contribution < -0.4 is 0 Å². The van der Waals surface area contributed by atoms with Gasteiger partial charge in [-0.25, -0.2) is 14.4 Å². The molecule has 1 aliphatic carbocycles. The SMILES string of the molecule is N#CCCCc1nc2ccc(-c3cnc4ccc(-c5cn(C(c6ccccc6)(c6ccccc6)C6C=CC=CC6)nc5-c5ccc(F)cc5)cn34)cc2s1. The first-order chi connectivity index (χ1) is 26.6. The van der Waals surface area contributed by atoms with Crippen LogP contribution in [0.4, 0.5) is 4.39 Å². The molecule has 0 aliphatic heterocycles. The van der Waals surface area contributed by atoms with Crippen LogP contribution in [0.2, 0.25) is 0 Å². The number of aromatic nitrogens is 5. The van der Waals surface area contributed by atoms with E-state index in [2.05, 4.69) is 137 Å². The van der Waals surface area contributed by atoms with Gasteiger partial charge in [0.15, 0.2) is 0 Å². The predicted molar refractivity (Wildman–Crippen MR) is 214 cm³/mol. The van der Waals surface area contributed by atoms with E-state index in [4.69, 9.17) is 20.3 Å². The van der Waals surface area contributed by atoms with Gasteiger partial charge < -0.3 is 0 Å². The topological polar surface area (TPSA) is 71.8 Å². The molecule has 1 aliphatic rings. The van der Waals surface area contributed by atoms with E-state index in [1.165, 1.54) is 12.1 Å². The fraction of sp³-hybridized carbons (Fsp3) is 0.130. The summed E-state index contributed by atoms with van der Waals surface area (Å²) in [5.41, 5.74) is 8.82. The number of pyridine rings is 1. The minimum atomic E-state index is -0.696. The van der Waals surface area contributed by atoms with E-state index in [0.717, 1.165) is 84.9 Å². The average Bonchev–Trinajstić information content (AvgIpc) is 3.97. The zero-order chi connectivity index (χ0) is 36.5. The van der Waals surface area contributed by atoms with Crippen LogP contribution in [0.1, 0.15) is 35.4 Å². The highest BCUT2D eigenvalue weighted by molar-refractivity contribution is 7.18. The molecule has 0 radical (unpaired) electrons. The van der Waals surface area contributed by atoms with Gasteiger partial charge in [-0.1, -0.05) is 91.0 Å². The van der Waals surface area contributed by atoms with E-state index in [1.54, 1.807) is 11.3 Å². The molecule has 0 fully saturated rings. The Kier molecular flexibility index (Phi) is 8.78. The summed E-state index contributed by atoms with van der Waals surface area (Å²) in [7, 11) is 0. The summed E-state index contributed by atoms with van der Waals surface area (Å²) in [6.07, 6.45) is 17.9. The second-order valence-electron chi connectivity index (χ2n) is 13.6. The minimum Gasteiger partial charge on any atom is -0.299 e. The lowest BCUT2D eigenvalue weighted by Crippen LogP contribution is -2.43. The van der Waals surface area contributed by atoms with Gasteiger partial charge in [-0.3, -0.25) is 9.08 Å². The molecular formula is C46H35FN6S. The molecule has 0 saturated heterocycles. The number of rotatable bonds is 10. The Bertz CT molecular complexity index is 2660. The third-order valence-corrected chi connectivity index (χ3v) is 11.4. The van der Waals surface area contributed by atoms with E-state index < -0.39 is 5.54 Å². The summed E-state index contributed by atoms with van der Waals surface area (Å²) in [4.78, 5) is 9.60. The first kappa shape index (κ1) is 33.4. The number of nitriles is 1. The molecule has 1 unspecified atom stereocenters. The maximum absolute atomic E-state index is 14.4. The Balaban J connectivity index is 1.23. The number of hydrogen-bond acceptors (Lipinski definition) is 5. The molecule has 54 heavy (non-hydrogen) atoms. The third-order valence-electron chi connectivity index (χ3n) is 10.4. The van der Waals surface area contributed by atoms with E-state index in [-0.39, 0.29) is 11.7 Å². The highest BCUT2D eigenvalue weighted by atomic mass is 32.1. The van der Waals surface area contributed by atoms with Crippen molar-refractivity contribution in [1.29, 1.82) is 5.26 Å². The molecule has 4 aromatic carbocycles. The van der Waals surface area contributed by atoms with Crippen LogP contribution in [-0.4, -0.2) is 24.1 Å². The number of unbranched alkanes of at least 4 members (excludes halogenated alkanes) is 1. The van der Waals surface area contributed by atoms with E-state index >= 15 is 0 Å². The van der Waals surface area contributed by atoms with Crippen molar-refractivity contribution in [3.05, 3.63) is 180 Å². The molecule has 8 aromatic rings. The monoisotopic (exact) mass is 722 g/mol. The highest BCUT2D eigenvalue weighted by Crippen LogP contribution is 2.46. The van der Waals surface area contributed by atoms with Gasteiger partial charge in [0.25, 0.3) is 0 Å². The lowest BCUT2D eigenvalue weighted by molar-refractivity contribution is 0.293. The van der Waals surface area contributed by atoms with Crippen LogP contribution >= 0.6 is 11.3 Å². The summed E-state index contributed by atoms with van der Waals surface area (Å²) >= 11 is 1.68. The molecule has 1 atom stereocenters. The standard InChI is InChI=1S/C46H35FN6S/c47-38-23-19-32(20-24-38)45-39(31-53(51-45)46(35-12-4-1-5-13-35,36-14-6-2-7-15-36)37-16-8-3-9-17-37)34-22-26-43-49-29-41(52(43)30-34)33-21-25-40-42(28-33)54-44(50-40)18-10-11-27-48/h1-9,12-16,19-26,28-31,37H,10-11,17-18H2. The number of thiazole rings is 1. The van der Waals surface area contributed by atoms with Crippen LogP contribution in [-0.2, 0) is 12.0 Å². The molecule has 0 N–H and O–H groups in total. The highest BCUT2D eigenvalue weighted by Gasteiger charge is 2.44. The Labute approximate surface area is 316 Å². The number of hydrogen-bond donors (Lipinski definition) is 0. The van der Waals surface area contributed by atoms with Crippen molar-refractivity contribution in [1.82, 2.24) is 24.1 Å². The molecule has 0 spiro atoms. The maximum atomic E-state index is 14.4. The lowest BCUT2D eigenvalue weighted by atomic mass is 9.70. The third kappa shape index (κ3) is 5.93. The van der Waals surface area contributed by atoms with Gasteiger partial charge in [0, 0.05) is 53.4 Å². The molecule has 0 bridgehead atoms. The zero-order valence-electron chi connectivity index (χ0n) is 29.4. The van der Waals surface area contributed by atoms with E-state index in [1.807, 2.05) is 24.4 Å². The van der Waals surface area contributed by atoms with Gasteiger partial charge in [0.1, 0.15) is 22.7 Å². The molecule has 9 rings (SSSR count). The minimum absolute atomic E-state index is 0.0531. The molecule has 262 valence electrons. The van der Waals surface area contributed by atoms with Crippen molar-refractivity contribution in [2.45, 2.75) is 31.2 Å². The normalized spacial score (nSPS) is 14.2. The second kappa shape index (κ2) is 14.2. The van der Waals surface area contributed by atoms with Crippen molar-refractivity contribution in [2.75, 3.05) is 0 Å². The maximum Gasteiger partial charge on any atom is 0.137 e. The fourth-order valence-corrected chi connectivity index (χ4v) is 8.85. The first-order valence-electron chi connectivity index (χ1n) is 18.2. The van der Waals surface area contributed by atoms with Gasteiger partial charge in [-0.05, 0) is 72.5 Å². The van der Waals surface area contributed by atoms with Gasteiger partial charge >= 0.3 is 0 Å². The summed E-state index contributed by atoms with van der Waals surface area (Å²) in [5.74, 6) is -0.240. The average molecular weight is 723 g/mol. The molecule has 6 nitrogen and oxygen atoms in total. The molecule has 0 amide bonds. The Morgan fingerprint density at radius 3 is 2.30 bits per heavy atom. The van der Waals surface area contributed by atoms with Crippen LogP contribution in [0.25, 0.3) is 49.5 Å². The van der Waals surface area contributed by atoms with Crippen LogP contribution in [0.3, 0.4) is 0 Å². The van der Waals surface area contributed by atoms with Crippen LogP contribution in [0.5, 0.6) is 0 Å². The van der Waals surface area contributed by atoms with Crippen molar-refractivity contribution in [3.63, 3.8) is 0 Å². The number of benzene rings is 4. The molecule has 0 saturated carbocycles. The van der Waals surface area contributed by atoms with Crippen molar-refractivity contribution < 1.29 is 4.39 Å². The number of allylic oxidation sites excluding steroid dienone is 4. The molecule has 8 heteroatoms. The van der Waals surface area contributed by atoms with Crippen molar-refractivity contribution >= 4 is 27.2 Å². The number of imidazole rings is 1. The Morgan fingerprint density at radius 2 is 1.57 bits per heavy atom. The molecule has 4 heterocycles. The summed E-state index contributed by atoms with van der Waals surface area (Å²) in [5, 5.41) is 15.5. The van der Waals surface area contributed by atoms with Gasteiger partial charge in [-0.15, -0.1) is 11.3 Å².